The summed E-state index contributed by atoms with van der Waals surface area (Å²) in [7, 11) is -1.50. The van der Waals surface area contributed by atoms with E-state index in [0.717, 1.165) is 28.1 Å². The van der Waals surface area contributed by atoms with Crippen LogP contribution in [0.1, 0.15) is 52.0 Å². The first kappa shape index (κ1) is 34.1. The fourth-order valence-electron chi connectivity index (χ4n) is 5.85. The monoisotopic (exact) mass is 840 g/mol. The molecule has 4 aromatic carbocycles. The third kappa shape index (κ3) is 7.77. The van der Waals surface area contributed by atoms with Crippen molar-refractivity contribution < 1.29 is 21.5 Å². The van der Waals surface area contributed by atoms with Crippen LogP contribution in [-0.4, -0.2) is 18.0 Å². The standard InChI is InChI=1S/C26H20NS.C17H22NSi.Ir/c1-17(2)19-13-14-27-24(16-19)22-10-6-9-21-23-15-20(18-7-4-3-5-8-18)11-12-25(23)28-26(21)22;1-13(2)15-11-16(14-9-7-6-8-10-14)18-12-17(15)19(3,4)5;/h3-9,11-17H,1-2H3;6-9,11-13H,1-5H3;/q2*-1;/i;13D;. The Kier molecular flexibility index (Phi) is 10.8. The Balaban J connectivity index is 0.000000199. The molecule has 5 heteroatoms. The second-order valence-corrected chi connectivity index (χ2v) is 19.6. The smallest absolute Gasteiger partial charge is 0.0799 e. The van der Waals surface area contributed by atoms with E-state index in [2.05, 4.69) is 128 Å². The summed E-state index contributed by atoms with van der Waals surface area (Å²) in [6, 6.07) is 42.4. The summed E-state index contributed by atoms with van der Waals surface area (Å²) in [5.74, 6) is -0.126. The third-order valence-electron chi connectivity index (χ3n) is 8.48. The van der Waals surface area contributed by atoms with Gasteiger partial charge < -0.3 is 9.97 Å². The SMILES string of the molecule is CC(C)c1ccnc(-c2[c-]ccc3c2sc2ccc(-c4ccccc4)cc23)c1.[2H]C(C)(C)c1cc(-c2[c-]cccc2)ncc1[Si](C)(C)C.[Ir]. The van der Waals surface area contributed by atoms with E-state index < -0.39 is 14.0 Å². The van der Waals surface area contributed by atoms with Crippen molar-refractivity contribution in [3.63, 3.8) is 0 Å². The van der Waals surface area contributed by atoms with E-state index in [1.807, 2.05) is 67.9 Å². The van der Waals surface area contributed by atoms with Gasteiger partial charge in [-0.2, -0.15) is 11.3 Å². The van der Waals surface area contributed by atoms with Crippen LogP contribution in [0.3, 0.4) is 0 Å². The van der Waals surface area contributed by atoms with Crippen LogP contribution in [0.4, 0.5) is 0 Å². The zero-order chi connectivity index (χ0) is 34.1. The topological polar surface area (TPSA) is 25.8 Å². The molecule has 7 rings (SSSR count). The molecule has 7 aromatic rings. The van der Waals surface area contributed by atoms with Gasteiger partial charge in [-0.05, 0) is 67.8 Å². The molecule has 48 heavy (non-hydrogen) atoms. The maximum Gasteiger partial charge on any atom is 0.0799 e. The molecule has 0 spiro atoms. The van der Waals surface area contributed by atoms with Crippen molar-refractivity contribution in [1.82, 2.24) is 9.97 Å². The fourth-order valence-corrected chi connectivity index (χ4v) is 8.62. The molecule has 0 atom stereocenters. The number of thiophene rings is 1. The summed E-state index contributed by atoms with van der Waals surface area (Å²) >= 11 is 1.83. The molecule has 0 unspecified atom stereocenters. The quantitative estimate of drug-likeness (QED) is 0.123. The predicted octanol–water partition coefficient (Wildman–Crippen LogP) is 11.9. The van der Waals surface area contributed by atoms with Gasteiger partial charge in [-0.25, -0.2) is 0 Å². The molecule has 0 saturated carbocycles. The van der Waals surface area contributed by atoms with Crippen LogP contribution in [0.2, 0.25) is 19.6 Å². The van der Waals surface area contributed by atoms with Gasteiger partial charge in [0.05, 0.1) is 8.07 Å². The van der Waals surface area contributed by atoms with E-state index in [4.69, 9.17) is 1.37 Å². The Morgan fingerprint density at radius 2 is 1.50 bits per heavy atom. The molecule has 0 fully saturated rings. The number of aromatic nitrogens is 2. The van der Waals surface area contributed by atoms with Crippen molar-refractivity contribution in [2.24, 2.45) is 0 Å². The van der Waals surface area contributed by atoms with Crippen LogP contribution >= 0.6 is 11.3 Å². The third-order valence-corrected chi connectivity index (χ3v) is 11.7. The van der Waals surface area contributed by atoms with Gasteiger partial charge in [0.15, 0.2) is 0 Å². The molecule has 0 N–H and O–H groups in total. The zero-order valence-electron chi connectivity index (χ0n) is 29.7. The molecule has 0 saturated heterocycles. The molecular formula is C43H42IrN2SSi-2. The maximum atomic E-state index is 8.44. The molecule has 0 aliphatic carbocycles. The minimum absolute atomic E-state index is 0. The Morgan fingerprint density at radius 1 is 0.729 bits per heavy atom. The van der Waals surface area contributed by atoms with Gasteiger partial charge in [0.25, 0.3) is 0 Å². The second-order valence-electron chi connectivity index (χ2n) is 13.5. The zero-order valence-corrected chi connectivity index (χ0v) is 32.9. The second kappa shape index (κ2) is 15.2. The molecule has 0 aliphatic heterocycles. The average molecular weight is 840 g/mol. The van der Waals surface area contributed by atoms with Crippen molar-refractivity contribution in [1.29, 1.82) is 0 Å². The summed E-state index contributed by atoms with van der Waals surface area (Å²) in [4.78, 5) is 9.26. The first-order chi connectivity index (χ1) is 22.9. The number of hydrogen-bond acceptors (Lipinski definition) is 3. The van der Waals surface area contributed by atoms with Gasteiger partial charge in [-0.15, -0.1) is 59.7 Å². The first-order valence-electron chi connectivity index (χ1n) is 16.8. The number of pyridine rings is 2. The predicted molar refractivity (Wildman–Crippen MR) is 207 cm³/mol. The van der Waals surface area contributed by atoms with E-state index in [9.17, 15) is 0 Å². The van der Waals surface area contributed by atoms with Crippen LogP contribution in [0, 0.1) is 12.1 Å². The number of hydrogen-bond donors (Lipinski definition) is 0. The van der Waals surface area contributed by atoms with Crippen LogP contribution in [0.25, 0.3) is 53.8 Å². The normalized spacial score (nSPS) is 12.0. The summed E-state index contributed by atoms with van der Waals surface area (Å²) in [5, 5.41) is 3.86. The van der Waals surface area contributed by atoms with Gasteiger partial charge in [0.1, 0.15) is 0 Å². The fraction of sp³-hybridized carbons (Fsp3) is 0.209. The molecular weight excluding hydrogens is 797 g/mol. The molecule has 245 valence electrons. The Morgan fingerprint density at radius 3 is 2.19 bits per heavy atom. The Hall–Kier alpha value is -3.73. The van der Waals surface area contributed by atoms with Crippen LogP contribution in [0.15, 0.2) is 116 Å². The molecule has 0 bridgehead atoms. The number of benzene rings is 4. The van der Waals surface area contributed by atoms with Crippen LogP contribution in [0.5, 0.6) is 0 Å². The molecule has 0 amide bonds. The Labute approximate surface area is 306 Å². The van der Waals surface area contributed by atoms with E-state index in [0.29, 0.717) is 5.92 Å². The number of rotatable bonds is 6. The van der Waals surface area contributed by atoms with Crippen molar-refractivity contribution in [2.75, 3.05) is 0 Å². The van der Waals surface area contributed by atoms with Gasteiger partial charge >= 0.3 is 0 Å². The van der Waals surface area contributed by atoms with Gasteiger partial charge in [-0.3, -0.25) is 0 Å². The van der Waals surface area contributed by atoms with E-state index in [-0.39, 0.29) is 20.1 Å². The molecule has 1 radical (unpaired) electrons. The summed E-state index contributed by atoms with van der Waals surface area (Å²) in [6.07, 6.45) is 3.90. The first-order valence-corrected chi connectivity index (χ1v) is 20.6. The van der Waals surface area contributed by atoms with Gasteiger partial charge in [0.2, 0.25) is 0 Å². The minimum Gasteiger partial charge on any atom is -0.305 e. The van der Waals surface area contributed by atoms with E-state index in [1.54, 1.807) is 0 Å². The van der Waals surface area contributed by atoms with Gasteiger partial charge in [-0.1, -0.05) is 112 Å². The van der Waals surface area contributed by atoms with E-state index in [1.165, 1.54) is 42.0 Å². The average Bonchev–Trinajstić information content (AvgIpc) is 3.46. The molecule has 3 heterocycles. The van der Waals surface area contributed by atoms with Crippen molar-refractivity contribution in [3.05, 3.63) is 139 Å². The number of nitrogens with zero attached hydrogens (tertiary/aromatic N) is 2. The Bertz CT molecular complexity index is 2180. The van der Waals surface area contributed by atoms with Crippen molar-refractivity contribution >= 4 is 44.8 Å². The largest absolute Gasteiger partial charge is 0.305 e. The summed E-state index contributed by atoms with van der Waals surface area (Å²) in [5.41, 5.74) is 8.90. The number of fused-ring (bicyclic) bond motifs is 3. The van der Waals surface area contributed by atoms with Crippen LogP contribution < -0.4 is 5.19 Å². The maximum absolute atomic E-state index is 8.44. The molecule has 3 aromatic heterocycles. The van der Waals surface area contributed by atoms with Crippen LogP contribution in [-0.2, 0) is 20.1 Å². The minimum atomic E-state index is -1.50. The van der Waals surface area contributed by atoms with Crippen molar-refractivity contribution in [3.8, 4) is 33.6 Å². The van der Waals surface area contributed by atoms with E-state index >= 15 is 0 Å². The van der Waals surface area contributed by atoms with Gasteiger partial charge in [0, 0.05) is 38.6 Å². The summed E-state index contributed by atoms with van der Waals surface area (Å²) < 4.78 is 11.0. The molecule has 0 aliphatic rings. The summed E-state index contributed by atoms with van der Waals surface area (Å²) in [6.45, 7) is 15.2. The van der Waals surface area contributed by atoms with Crippen molar-refractivity contribution in [2.45, 2.75) is 59.1 Å². The molecule has 2 nitrogen and oxygen atoms in total.